The number of H-pyrrole nitrogens is 1. The molecule has 1 aliphatic heterocycles. The number of amides is 1. The van der Waals surface area contributed by atoms with Gasteiger partial charge in [-0.15, -0.1) is 0 Å². The Morgan fingerprint density at radius 2 is 2.21 bits per heavy atom. The molecule has 1 amide bonds. The molecule has 3 rings (SSSR count). The Labute approximate surface area is 144 Å². The SMILES string of the molecule is CC(=O)NCC[C@@H]1CCCN(Cc2cccc3c(C)c(C)[nH]c23)C1. The zero-order valence-corrected chi connectivity index (χ0v) is 15.1. The number of benzene rings is 1. The zero-order valence-electron chi connectivity index (χ0n) is 15.1. The third-order valence-corrected chi connectivity index (χ3v) is 5.35. The van der Waals surface area contributed by atoms with Crippen molar-refractivity contribution in [3.05, 3.63) is 35.0 Å². The Kier molecular flexibility index (Phi) is 5.24. The van der Waals surface area contributed by atoms with Gasteiger partial charge in [0.25, 0.3) is 0 Å². The lowest BCUT2D eigenvalue weighted by Crippen LogP contribution is -2.36. The first-order valence-electron chi connectivity index (χ1n) is 9.08. The Hall–Kier alpha value is -1.81. The van der Waals surface area contributed by atoms with Crippen molar-refractivity contribution in [1.29, 1.82) is 0 Å². The summed E-state index contributed by atoms with van der Waals surface area (Å²) < 4.78 is 0. The maximum atomic E-state index is 11.0. The van der Waals surface area contributed by atoms with Crippen LogP contribution in [0.1, 0.15) is 43.0 Å². The molecule has 0 aliphatic carbocycles. The second kappa shape index (κ2) is 7.39. The molecule has 4 nitrogen and oxygen atoms in total. The molecule has 0 spiro atoms. The molecular formula is C20H29N3O. The van der Waals surface area contributed by atoms with Crippen LogP contribution in [0.3, 0.4) is 0 Å². The highest BCUT2D eigenvalue weighted by molar-refractivity contribution is 5.87. The lowest BCUT2D eigenvalue weighted by molar-refractivity contribution is -0.119. The minimum Gasteiger partial charge on any atom is -0.358 e. The summed E-state index contributed by atoms with van der Waals surface area (Å²) in [5.41, 5.74) is 5.32. The van der Waals surface area contributed by atoms with Crippen LogP contribution in [0.2, 0.25) is 0 Å². The predicted octanol–water partition coefficient (Wildman–Crippen LogP) is 3.52. The number of rotatable bonds is 5. The molecule has 130 valence electrons. The number of piperidine rings is 1. The van der Waals surface area contributed by atoms with Crippen molar-refractivity contribution in [2.45, 2.75) is 46.6 Å². The van der Waals surface area contributed by atoms with E-state index in [0.29, 0.717) is 5.92 Å². The highest BCUT2D eigenvalue weighted by Crippen LogP contribution is 2.27. The topological polar surface area (TPSA) is 48.1 Å². The van der Waals surface area contributed by atoms with Gasteiger partial charge in [0.2, 0.25) is 5.91 Å². The number of aromatic amines is 1. The summed E-state index contributed by atoms with van der Waals surface area (Å²) in [5, 5.41) is 4.28. The number of nitrogens with one attached hydrogen (secondary N) is 2. The lowest BCUT2D eigenvalue weighted by atomic mass is 9.94. The number of aryl methyl sites for hydroxylation is 2. The molecular weight excluding hydrogens is 298 g/mol. The second-order valence-corrected chi connectivity index (χ2v) is 7.23. The number of hydrogen-bond acceptors (Lipinski definition) is 2. The molecule has 0 bridgehead atoms. The molecule has 2 heterocycles. The van der Waals surface area contributed by atoms with Crippen molar-refractivity contribution in [3.8, 4) is 0 Å². The van der Waals surface area contributed by atoms with Gasteiger partial charge >= 0.3 is 0 Å². The van der Waals surface area contributed by atoms with Crippen LogP contribution in [0.15, 0.2) is 18.2 Å². The normalized spacial score (nSPS) is 18.9. The molecule has 0 radical (unpaired) electrons. The van der Waals surface area contributed by atoms with Gasteiger partial charge in [-0.2, -0.15) is 0 Å². The molecule has 1 atom stereocenters. The Morgan fingerprint density at radius 1 is 1.38 bits per heavy atom. The van der Waals surface area contributed by atoms with Crippen molar-refractivity contribution in [3.63, 3.8) is 0 Å². The fraction of sp³-hybridized carbons (Fsp3) is 0.550. The van der Waals surface area contributed by atoms with Crippen LogP contribution in [-0.4, -0.2) is 35.4 Å². The first-order chi connectivity index (χ1) is 11.5. The number of hydrogen-bond donors (Lipinski definition) is 2. The number of para-hydroxylation sites is 1. The molecule has 1 aliphatic rings. The number of nitrogens with zero attached hydrogens (tertiary/aromatic N) is 1. The van der Waals surface area contributed by atoms with Gasteiger partial charge in [-0.3, -0.25) is 9.69 Å². The van der Waals surface area contributed by atoms with Gasteiger partial charge in [0.15, 0.2) is 0 Å². The van der Waals surface area contributed by atoms with Crippen molar-refractivity contribution in [2.75, 3.05) is 19.6 Å². The van der Waals surface area contributed by atoms with Gasteiger partial charge in [0.1, 0.15) is 0 Å². The van der Waals surface area contributed by atoms with Crippen LogP contribution >= 0.6 is 0 Å². The summed E-state index contributed by atoms with van der Waals surface area (Å²) in [6.45, 7) is 10.1. The maximum Gasteiger partial charge on any atom is 0.216 e. The summed E-state index contributed by atoms with van der Waals surface area (Å²) in [7, 11) is 0. The van der Waals surface area contributed by atoms with Crippen LogP contribution in [0.5, 0.6) is 0 Å². The Bertz CT molecular complexity index is 719. The van der Waals surface area contributed by atoms with Gasteiger partial charge in [-0.05, 0) is 56.7 Å². The number of likely N-dealkylation sites (tertiary alicyclic amines) is 1. The van der Waals surface area contributed by atoms with Crippen molar-refractivity contribution < 1.29 is 4.79 Å². The first-order valence-corrected chi connectivity index (χ1v) is 9.08. The van der Waals surface area contributed by atoms with E-state index in [2.05, 4.69) is 47.2 Å². The summed E-state index contributed by atoms with van der Waals surface area (Å²) in [4.78, 5) is 17.2. The molecule has 4 heteroatoms. The standard InChI is InChI=1S/C20H29N3O/c1-14-15(2)22-20-18(7-4-8-19(14)20)13-23-11-5-6-17(12-23)9-10-21-16(3)24/h4,7-8,17,22H,5-6,9-13H2,1-3H3,(H,21,24)/t17-/m0/s1. The summed E-state index contributed by atoms with van der Waals surface area (Å²) in [5.74, 6) is 0.767. The van der Waals surface area contributed by atoms with E-state index >= 15 is 0 Å². The van der Waals surface area contributed by atoms with E-state index in [9.17, 15) is 4.79 Å². The van der Waals surface area contributed by atoms with Gasteiger partial charge in [0.05, 0.1) is 5.52 Å². The fourth-order valence-electron chi connectivity index (χ4n) is 3.90. The van der Waals surface area contributed by atoms with Gasteiger partial charge in [0, 0.05) is 37.6 Å². The van der Waals surface area contributed by atoms with E-state index in [0.717, 1.165) is 26.1 Å². The van der Waals surface area contributed by atoms with E-state index in [1.54, 1.807) is 6.92 Å². The van der Waals surface area contributed by atoms with Gasteiger partial charge < -0.3 is 10.3 Å². The van der Waals surface area contributed by atoms with E-state index in [1.165, 1.54) is 47.1 Å². The largest absolute Gasteiger partial charge is 0.358 e. The predicted molar refractivity (Wildman–Crippen MR) is 99.1 cm³/mol. The molecule has 1 aromatic heterocycles. The first kappa shape index (κ1) is 17.0. The fourth-order valence-corrected chi connectivity index (χ4v) is 3.90. The molecule has 1 saturated heterocycles. The van der Waals surface area contributed by atoms with Crippen LogP contribution in [0.25, 0.3) is 10.9 Å². The van der Waals surface area contributed by atoms with Gasteiger partial charge in [-0.25, -0.2) is 0 Å². The quantitative estimate of drug-likeness (QED) is 0.883. The maximum absolute atomic E-state index is 11.0. The monoisotopic (exact) mass is 327 g/mol. The van der Waals surface area contributed by atoms with Crippen LogP contribution in [0, 0.1) is 19.8 Å². The third-order valence-electron chi connectivity index (χ3n) is 5.35. The van der Waals surface area contributed by atoms with E-state index in [4.69, 9.17) is 0 Å². The Morgan fingerprint density at radius 3 is 3.00 bits per heavy atom. The molecule has 2 N–H and O–H groups in total. The lowest BCUT2D eigenvalue weighted by Gasteiger charge is -2.33. The molecule has 1 aromatic carbocycles. The summed E-state index contributed by atoms with van der Waals surface area (Å²) in [6, 6.07) is 6.64. The van der Waals surface area contributed by atoms with Gasteiger partial charge in [-0.1, -0.05) is 18.2 Å². The summed E-state index contributed by atoms with van der Waals surface area (Å²) >= 11 is 0. The zero-order chi connectivity index (χ0) is 17.1. The molecule has 0 saturated carbocycles. The third kappa shape index (κ3) is 3.81. The average molecular weight is 327 g/mol. The number of carbonyl (C=O) groups excluding carboxylic acids is 1. The van der Waals surface area contributed by atoms with E-state index in [-0.39, 0.29) is 5.91 Å². The van der Waals surface area contributed by atoms with Crippen molar-refractivity contribution in [1.82, 2.24) is 15.2 Å². The Balaban J connectivity index is 1.65. The molecule has 0 unspecified atom stereocenters. The molecule has 2 aromatic rings. The molecule has 1 fully saturated rings. The average Bonchev–Trinajstić information content (AvgIpc) is 2.84. The summed E-state index contributed by atoms with van der Waals surface area (Å²) in [6.07, 6.45) is 3.62. The van der Waals surface area contributed by atoms with E-state index < -0.39 is 0 Å². The molecule has 24 heavy (non-hydrogen) atoms. The minimum atomic E-state index is 0.0758. The highest BCUT2D eigenvalue weighted by Gasteiger charge is 2.20. The van der Waals surface area contributed by atoms with Crippen molar-refractivity contribution in [2.24, 2.45) is 5.92 Å². The van der Waals surface area contributed by atoms with Crippen LogP contribution in [0.4, 0.5) is 0 Å². The number of fused-ring (bicyclic) bond motifs is 1. The highest BCUT2D eigenvalue weighted by atomic mass is 16.1. The second-order valence-electron chi connectivity index (χ2n) is 7.23. The van der Waals surface area contributed by atoms with E-state index in [1.807, 2.05) is 0 Å². The van der Waals surface area contributed by atoms with Crippen molar-refractivity contribution >= 4 is 16.8 Å². The number of aromatic nitrogens is 1. The van der Waals surface area contributed by atoms with Crippen LogP contribution < -0.4 is 5.32 Å². The van der Waals surface area contributed by atoms with Crippen LogP contribution in [-0.2, 0) is 11.3 Å². The number of carbonyl (C=O) groups is 1. The minimum absolute atomic E-state index is 0.0758. The smallest absolute Gasteiger partial charge is 0.216 e.